The van der Waals surface area contributed by atoms with Crippen LogP contribution in [-0.2, 0) is 38.6 Å². The summed E-state index contributed by atoms with van der Waals surface area (Å²) in [5.41, 5.74) is 1.81. The molecular formula is C26H33N3O6. The van der Waals surface area contributed by atoms with Crippen molar-refractivity contribution in [1.29, 1.82) is 0 Å². The van der Waals surface area contributed by atoms with Crippen molar-refractivity contribution in [2.24, 2.45) is 11.8 Å². The second-order valence-corrected chi connectivity index (χ2v) is 9.19. The zero-order valence-corrected chi connectivity index (χ0v) is 20.2. The number of carbonyl (C=O) groups excluding carboxylic acids is 4. The standard InChI is InChI=1S/C26H33N3O6/c1-17(2)23(29-26(33)34-16-18-8-4-3-5-9-18)21(30)14-19-10-6-11-20-15-28-35-22(20)12-7-13-27-25(32)24(19)31/h3-5,8-9,15,17,19,23H,6-7,10-14,16H2,1-2H3,(H,27,32)(H,29,33). The van der Waals surface area contributed by atoms with Crippen molar-refractivity contribution in [3.8, 4) is 0 Å². The second kappa shape index (κ2) is 12.8. The summed E-state index contributed by atoms with van der Waals surface area (Å²) in [5, 5.41) is 9.14. The van der Waals surface area contributed by atoms with Crippen LogP contribution >= 0.6 is 0 Å². The molecule has 3 rings (SSSR count). The second-order valence-electron chi connectivity index (χ2n) is 9.19. The number of hydrogen-bond donors (Lipinski definition) is 2. The molecule has 2 unspecified atom stereocenters. The van der Waals surface area contributed by atoms with Crippen LogP contribution in [0.15, 0.2) is 41.1 Å². The Balaban J connectivity index is 1.63. The monoisotopic (exact) mass is 483 g/mol. The van der Waals surface area contributed by atoms with E-state index in [4.69, 9.17) is 9.26 Å². The molecule has 0 radical (unpaired) electrons. The minimum absolute atomic E-state index is 0.0812. The average molecular weight is 484 g/mol. The number of fused-ring (bicyclic) bond motifs is 1. The lowest BCUT2D eigenvalue weighted by Crippen LogP contribution is -2.46. The van der Waals surface area contributed by atoms with Crippen LogP contribution in [0.4, 0.5) is 4.79 Å². The molecule has 1 aliphatic heterocycles. The number of benzene rings is 1. The van der Waals surface area contributed by atoms with Crippen molar-refractivity contribution in [2.75, 3.05) is 6.54 Å². The summed E-state index contributed by atoms with van der Waals surface area (Å²) < 4.78 is 10.6. The summed E-state index contributed by atoms with van der Waals surface area (Å²) >= 11 is 0. The van der Waals surface area contributed by atoms with Gasteiger partial charge in [0.2, 0.25) is 5.78 Å². The number of rotatable bonds is 7. The van der Waals surface area contributed by atoms with Crippen molar-refractivity contribution in [2.45, 2.75) is 65.0 Å². The summed E-state index contributed by atoms with van der Waals surface area (Å²) in [6.45, 7) is 4.03. The van der Waals surface area contributed by atoms with E-state index in [1.165, 1.54) is 0 Å². The molecule has 0 aliphatic carbocycles. The summed E-state index contributed by atoms with van der Waals surface area (Å²) in [4.78, 5) is 50.8. The molecule has 0 fully saturated rings. The van der Waals surface area contributed by atoms with Gasteiger partial charge in [-0.05, 0) is 37.2 Å². The molecule has 1 aromatic heterocycles. The summed E-state index contributed by atoms with van der Waals surface area (Å²) in [6.07, 6.45) is 3.71. The average Bonchev–Trinajstić information content (AvgIpc) is 3.29. The number of carbonyl (C=O) groups is 4. The van der Waals surface area contributed by atoms with Gasteiger partial charge in [0.1, 0.15) is 12.4 Å². The van der Waals surface area contributed by atoms with Crippen LogP contribution in [0.5, 0.6) is 0 Å². The van der Waals surface area contributed by atoms with E-state index in [0.717, 1.165) is 16.9 Å². The molecule has 35 heavy (non-hydrogen) atoms. The van der Waals surface area contributed by atoms with E-state index in [1.54, 1.807) is 6.20 Å². The molecule has 2 atom stereocenters. The molecule has 0 spiro atoms. The Labute approximate surface area is 205 Å². The van der Waals surface area contributed by atoms with E-state index in [2.05, 4.69) is 15.8 Å². The molecule has 0 saturated carbocycles. The topological polar surface area (TPSA) is 128 Å². The number of aromatic nitrogens is 1. The Morgan fingerprint density at radius 2 is 1.94 bits per heavy atom. The van der Waals surface area contributed by atoms with Gasteiger partial charge in [0.25, 0.3) is 5.91 Å². The van der Waals surface area contributed by atoms with Crippen molar-refractivity contribution in [3.63, 3.8) is 0 Å². The summed E-state index contributed by atoms with van der Waals surface area (Å²) in [6, 6.07) is 8.39. The fourth-order valence-corrected chi connectivity index (χ4v) is 4.16. The van der Waals surface area contributed by atoms with E-state index >= 15 is 0 Å². The van der Waals surface area contributed by atoms with Crippen molar-refractivity contribution in [3.05, 3.63) is 53.4 Å². The van der Waals surface area contributed by atoms with Crippen molar-refractivity contribution >= 4 is 23.6 Å². The highest BCUT2D eigenvalue weighted by atomic mass is 16.5. The maximum absolute atomic E-state index is 13.2. The first kappa shape index (κ1) is 26.1. The predicted octanol–water partition coefficient (Wildman–Crippen LogP) is 3.16. The number of Topliss-reactive ketones (excluding diaryl/α,β-unsaturated/α-hetero) is 2. The highest BCUT2D eigenvalue weighted by molar-refractivity contribution is 6.37. The molecule has 9 nitrogen and oxygen atoms in total. The first-order chi connectivity index (χ1) is 16.8. The van der Waals surface area contributed by atoms with E-state index in [1.807, 2.05) is 44.2 Å². The third-order valence-corrected chi connectivity index (χ3v) is 6.14. The van der Waals surface area contributed by atoms with Crippen LogP contribution < -0.4 is 10.6 Å². The first-order valence-electron chi connectivity index (χ1n) is 12.1. The van der Waals surface area contributed by atoms with E-state index in [9.17, 15) is 19.2 Å². The fraction of sp³-hybridized carbons (Fsp3) is 0.500. The Bertz CT molecular complexity index is 1020. The number of nitrogens with one attached hydrogen (secondary N) is 2. The molecule has 188 valence electrons. The van der Waals surface area contributed by atoms with Gasteiger partial charge < -0.3 is 19.9 Å². The number of ether oxygens (including phenoxy) is 1. The third-order valence-electron chi connectivity index (χ3n) is 6.14. The number of nitrogens with zero attached hydrogens (tertiary/aromatic N) is 1. The van der Waals surface area contributed by atoms with E-state index in [-0.39, 0.29) is 24.7 Å². The van der Waals surface area contributed by atoms with Gasteiger partial charge in [-0.25, -0.2) is 4.79 Å². The molecular weight excluding hydrogens is 450 g/mol. The first-order valence-corrected chi connectivity index (χ1v) is 12.1. The zero-order chi connectivity index (χ0) is 25.2. The van der Waals surface area contributed by atoms with Gasteiger partial charge >= 0.3 is 6.09 Å². The van der Waals surface area contributed by atoms with Gasteiger partial charge in [-0.3, -0.25) is 14.4 Å². The molecule has 1 aromatic carbocycles. The summed E-state index contributed by atoms with van der Waals surface area (Å²) in [5.74, 6) is -1.79. The van der Waals surface area contributed by atoms with Crippen LogP contribution in [0.25, 0.3) is 0 Å². The molecule has 2 amide bonds. The van der Waals surface area contributed by atoms with E-state index in [0.29, 0.717) is 38.6 Å². The SMILES string of the molecule is CC(C)C(NC(=O)OCc1ccccc1)C(=O)CC1CCCc2cnoc2CCCNC(=O)C1=O. The Morgan fingerprint density at radius 1 is 1.17 bits per heavy atom. The van der Waals surface area contributed by atoms with E-state index < -0.39 is 29.7 Å². The highest BCUT2D eigenvalue weighted by Crippen LogP contribution is 2.21. The lowest BCUT2D eigenvalue weighted by atomic mass is 9.86. The maximum Gasteiger partial charge on any atom is 0.408 e. The van der Waals surface area contributed by atoms with Crippen molar-refractivity contribution in [1.82, 2.24) is 15.8 Å². The van der Waals surface area contributed by atoms with Crippen LogP contribution in [0.1, 0.15) is 56.4 Å². The van der Waals surface area contributed by atoms with Gasteiger partial charge in [0.15, 0.2) is 5.78 Å². The molecule has 0 bridgehead atoms. The lowest BCUT2D eigenvalue weighted by Gasteiger charge is -2.23. The Kier molecular flexibility index (Phi) is 9.57. The molecule has 0 saturated heterocycles. The Morgan fingerprint density at radius 3 is 2.69 bits per heavy atom. The quantitative estimate of drug-likeness (QED) is 0.579. The largest absolute Gasteiger partial charge is 0.445 e. The summed E-state index contributed by atoms with van der Waals surface area (Å²) in [7, 11) is 0. The third kappa shape index (κ3) is 7.77. The molecule has 9 heteroatoms. The smallest absolute Gasteiger partial charge is 0.408 e. The number of amides is 2. The Hall–Kier alpha value is -3.49. The van der Waals surface area contributed by atoms with Gasteiger partial charge in [-0.15, -0.1) is 0 Å². The number of aryl methyl sites for hydroxylation is 2. The van der Waals surface area contributed by atoms with Crippen LogP contribution in [0.2, 0.25) is 0 Å². The van der Waals surface area contributed by atoms with Crippen molar-refractivity contribution < 1.29 is 28.4 Å². The maximum atomic E-state index is 13.2. The molecule has 1 aliphatic rings. The minimum Gasteiger partial charge on any atom is -0.445 e. The molecule has 2 heterocycles. The van der Waals surface area contributed by atoms with Gasteiger partial charge in [0, 0.05) is 30.9 Å². The predicted molar refractivity (Wildman–Crippen MR) is 127 cm³/mol. The normalized spacial score (nSPS) is 18.0. The van der Waals surface area contributed by atoms with Gasteiger partial charge in [0.05, 0.1) is 12.2 Å². The van der Waals surface area contributed by atoms with Crippen LogP contribution in [0, 0.1) is 11.8 Å². The van der Waals surface area contributed by atoms with Crippen LogP contribution in [0.3, 0.4) is 0 Å². The number of hydrogen-bond acceptors (Lipinski definition) is 7. The number of ketones is 2. The number of alkyl carbamates (subject to hydrolysis) is 1. The van der Waals surface area contributed by atoms with Gasteiger partial charge in [-0.1, -0.05) is 49.3 Å². The zero-order valence-electron chi connectivity index (χ0n) is 20.2. The minimum atomic E-state index is -0.833. The molecule has 2 aromatic rings. The van der Waals surface area contributed by atoms with Crippen LogP contribution in [-0.4, -0.2) is 41.3 Å². The fourth-order valence-electron chi connectivity index (χ4n) is 4.16. The van der Waals surface area contributed by atoms with Gasteiger partial charge in [-0.2, -0.15) is 0 Å². The lowest BCUT2D eigenvalue weighted by molar-refractivity contribution is -0.141. The highest BCUT2D eigenvalue weighted by Gasteiger charge is 2.32. The molecule has 2 N–H and O–H groups in total.